The quantitative estimate of drug-likeness (QED) is 0.839. The first-order valence-electron chi connectivity index (χ1n) is 8.02. The number of rotatable bonds is 3. The van der Waals surface area contributed by atoms with Crippen molar-refractivity contribution in [3.05, 3.63) is 39.9 Å². The second-order valence-corrected chi connectivity index (χ2v) is 7.15. The van der Waals surface area contributed by atoms with Gasteiger partial charge in [0.1, 0.15) is 10.8 Å². The van der Waals surface area contributed by atoms with E-state index in [9.17, 15) is 22.8 Å². The molecule has 2 aromatic rings. The van der Waals surface area contributed by atoms with Crippen LogP contribution in [-0.2, 0) is 17.6 Å². The number of hydrogen-bond acceptors (Lipinski definition) is 4. The van der Waals surface area contributed by atoms with Crippen molar-refractivity contribution in [2.24, 2.45) is 0 Å². The van der Waals surface area contributed by atoms with Gasteiger partial charge in [0.05, 0.1) is 5.56 Å². The van der Waals surface area contributed by atoms with Gasteiger partial charge in [-0.05, 0) is 49.8 Å². The molecular weight excluding hydrogens is 367 g/mol. The van der Waals surface area contributed by atoms with Crippen LogP contribution in [0.15, 0.2) is 18.3 Å². The van der Waals surface area contributed by atoms with Crippen molar-refractivity contribution in [2.75, 3.05) is 10.6 Å². The Labute approximate surface area is 151 Å². The van der Waals surface area contributed by atoms with Gasteiger partial charge in [-0.1, -0.05) is 6.07 Å². The number of amides is 2. The van der Waals surface area contributed by atoms with Crippen LogP contribution in [0.5, 0.6) is 0 Å². The maximum absolute atomic E-state index is 12.7. The number of pyridine rings is 1. The SMILES string of the molecule is Cc1ccc(NC(=O)c2c(NC(=O)C(F)(F)F)sc3c2CCCC3)nc1. The molecule has 0 bridgehead atoms. The third-order valence-corrected chi connectivity index (χ3v) is 5.24. The van der Waals surface area contributed by atoms with E-state index in [1.165, 1.54) is 0 Å². The smallest absolute Gasteiger partial charge is 0.309 e. The molecule has 9 heteroatoms. The first kappa shape index (κ1) is 18.4. The molecule has 1 aliphatic carbocycles. The van der Waals surface area contributed by atoms with Gasteiger partial charge in [-0.2, -0.15) is 13.2 Å². The summed E-state index contributed by atoms with van der Waals surface area (Å²) < 4.78 is 37.9. The molecule has 26 heavy (non-hydrogen) atoms. The molecule has 0 atom stereocenters. The minimum absolute atomic E-state index is 0.0659. The third kappa shape index (κ3) is 3.87. The molecule has 138 valence electrons. The van der Waals surface area contributed by atoms with Crippen LogP contribution < -0.4 is 10.6 Å². The highest BCUT2D eigenvalue weighted by Crippen LogP contribution is 2.39. The summed E-state index contributed by atoms with van der Waals surface area (Å²) in [4.78, 5) is 29.0. The molecule has 0 aliphatic heterocycles. The Morgan fingerprint density at radius 3 is 2.54 bits per heavy atom. The highest BCUT2D eigenvalue weighted by molar-refractivity contribution is 7.17. The number of thiophene rings is 1. The van der Waals surface area contributed by atoms with E-state index < -0.39 is 18.0 Å². The molecule has 0 saturated carbocycles. The first-order chi connectivity index (χ1) is 12.3. The monoisotopic (exact) mass is 383 g/mol. The number of nitrogens with one attached hydrogen (secondary N) is 2. The molecule has 0 unspecified atom stereocenters. The van der Waals surface area contributed by atoms with Crippen LogP contribution in [0.4, 0.5) is 24.0 Å². The Bertz CT molecular complexity index is 844. The van der Waals surface area contributed by atoms with Crippen LogP contribution in [0.3, 0.4) is 0 Å². The van der Waals surface area contributed by atoms with Crippen LogP contribution >= 0.6 is 11.3 Å². The van der Waals surface area contributed by atoms with Crippen molar-refractivity contribution in [3.63, 3.8) is 0 Å². The second kappa shape index (κ2) is 7.06. The van der Waals surface area contributed by atoms with E-state index in [4.69, 9.17) is 0 Å². The van der Waals surface area contributed by atoms with Crippen molar-refractivity contribution < 1.29 is 22.8 Å². The standard InChI is InChI=1S/C17H16F3N3O2S/c1-9-6-7-12(21-8-9)22-14(24)13-10-4-2-3-5-11(10)26-15(13)23-16(25)17(18,19)20/h6-8H,2-5H2,1H3,(H,23,25)(H,21,22,24). The van der Waals surface area contributed by atoms with Crippen LogP contribution in [0.2, 0.25) is 0 Å². The highest BCUT2D eigenvalue weighted by Gasteiger charge is 2.40. The third-order valence-electron chi connectivity index (χ3n) is 4.04. The maximum atomic E-state index is 12.7. The first-order valence-corrected chi connectivity index (χ1v) is 8.84. The molecule has 2 aromatic heterocycles. The summed E-state index contributed by atoms with van der Waals surface area (Å²) in [7, 11) is 0. The lowest BCUT2D eigenvalue weighted by molar-refractivity contribution is -0.167. The number of carbonyl (C=O) groups excluding carboxylic acids is 2. The summed E-state index contributed by atoms with van der Waals surface area (Å²) in [6.45, 7) is 1.85. The largest absolute Gasteiger partial charge is 0.471 e. The molecule has 1 aliphatic rings. The zero-order chi connectivity index (χ0) is 18.9. The number of hydrogen-bond donors (Lipinski definition) is 2. The molecule has 2 N–H and O–H groups in total. The molecule has 2 amide bonds. The van der Waals surface area contributed by atoms with E-state index in [0.717, 1.165) is 34.6 Å². The van der Waals surface area contributed by atoms with Crippen molar-refractivity contribution in [3.8, 4) is 0 Å². The van der Waals surface area contributed by atoms with Gasteiger partial charge in [0.15, 0.2) is 0 Å². The fraction of sp³-hybridized carbons (Fsp3) is 0.353. The molecule has 0 fully saturated rings. The molecule has 5 nitrogen and oxygen atoms in total. The summed E-state index contributed by atoms with van der Waals surface area (Å²) in [6, 6.07) is 3.37. The maximum Gasteiger partial charge on any atom is 0.471 e. The summed E-state index contributed by atoms with van der Waals surface area (Å²) in [5.41, 5.74) is 1.72. The van der Waals surface area contributed by atoms with Gasteiger partial charge >= 0.3 is 12.1 Å². The Kier molecular flexibility index (Phi) is 4.99. The normalized spacial score (nSPS) is 13.8. The fourth-order valence-corrected chi connectivity index (χ4v) is 4.07. The van der Waals surface area contributed by atoms with E-state index in [0.29, 0.717) is 24.2 Å². The Morgan fingerprint density at radius 1 is 1.15 bits per heavy atom. The van der Waals surface area contributed by atoms with Gasteiger partial charge < -0.3 is 10.6 Å². The number of fused-ring (bicyclic) bond motifs is 1. The van der Waals surface area contributed by atoms with Gasteiger partial charge in [-0.15, -0.1) is 11.3 Å². The predicted molar refractivity (Wildman–Crippen MR) is 92.6 cm³/mol. The summed E-state index contributed by atoms with van der Waals surface area (Å²) in [5, 5.41) is 4.39. The predicted octanol–water partition coefficient (Wildman–Crippen LogP) is 4.08. The van der Waals surface area contributed by atoms with Crippen LogP contribution in [-0.4, -0.2) is 23.0 Å². The van der Waals surface area contributed by atoms with Crippen molar-refractivity contribution in [1.29, 1.82) is 0 Å². The molecule has 0 saturated heterocycles. The van der Waals surface area contributed by atoms with Gasteiger partial charge in [0, 0.05) is 11.1 Å². The number of halogens is 3. The summed E-state index contributed by atoms with van der Waals surface area (Å²) in [6.07, 6.45) is -0.412. The minimum Gasteiger partial charge on any atom is -0.309 e. The lowest BCUT2D eigenvalue weighted by Gasteiger charge is -2.13. The summed E-state index contributed by atoms with van der Waals surface area (Å²) >= 11 is 1.03. The van der Waals surface area contributed by atoms with Crippen molar-refractivity contribution >= 4 is 34.0 Å². The zero-order valence-corrected chi connectivity index (χ0v) is 14.7. The minimum atomic E-state index is -5.02. The summed E-state index contributed by atoms with van der Waals surface area (Å²) in [5.74, 6) is -2.36. The van der Waals surface area contributed by atoms with E-state index in [-0.39, 0.29) is 10.6 Å². The van der Waals surface area contributed by atoms with Crippen LogP contribution in [0.25, 0.3) is 0 Å². The number of aryl methyl sites for hydroxylation is 2. The molecular formula is C17H16F3N3O2S. The van der Waals surface area contributed by atoms with Gasteiger partial charge in [0.2, 0.25) is 0 Å². The molecule has 0 aromatic carbocycles. The topological polar surface area (TPSA) is 71.1 Å². The molecule has 3 rings (SSSR count). The lowest BCUT2D eigenvalue weighted by atomic mass is 9.95. The fourth-order valence-electron chi connectivity index (χ4n) is 2.79. The van der Waals surface area contributed by atoms with E-state index in [1.54, 1.807) is 18.3 Å². The highest BCUT2D eigenvalue weighted by atomic mass is 32.1. The van der Waals surface area contributed by atoms with Crippen molar-refractivity contribution in [1.82, 2.24) is 4.98 Å². The van der Waals surface area contributed by atoms with Crippen LogP contribution in [0, 0.1) is 6.92 Å². The Hall–Kier alpha value is -2.42. The second-order valence-electron chi connectivity index (χ2n) is 6.04. The average Bonchev–Trinajstić information content (AvgIpc) is 2.94. The van der Waals surface area contributed by atoms with Crippen molar-refractivity contribution in [2.45, 2.75) is 38.8 Å². The number of carbonyl (C=O) groups is 2. The van der Waals surface area contributed by atoms with E-state index >= 15 is 0 Å². The van der Waals surface area contributed by atoms with E-state index in [2.05, 4.69) is 10.3 Å². The zero-order valence-electron chi connectivity index (χ0n) is 13.9. The number of nitrogens with zero attached hydrogens (tertiary/aromatic N) is 1. The van der Waals surface area contributed by atoms with Gasteiger partial charge in [-0.3, -0.25) is 9.59 Å². The molecule has 0 spiro atoms. The van der Waals surface area contributed by atoms with E-state index in [1.807, 2.05) is 12.2 Å². The van der Waals surface area contributed by atoms with Crippen LogP contribution in [0.1, 0.15) is 39.2 Å². The Morgan fingerprint density at radius 2 is 1.88 bits per heavy atom. The Balaban J connectivity index is 1.93. The lowest BCUT2D eigenvalue weighted by Crippen LogP contribution is -2.30. The molecule has 0 radical (unpaired) electrons. The number of aromatic nitrogens is 1. The van der Waals surface area contributed by atoms with Gasteiger partial charge in [0.25, 0.3) is 5.91 Å². The number of alkyl halides is 3. The molecule has 2 heterocycles. The number of anilines is 2. The van der Waals surface area contributed by atoms with Gasteiger partial charge in [-0.25, -0.2) is 4.98 Å². The average molecular weight is 383 g/mol.